The third-order valence-electron chi connectivity index (χ3n) is 4.80. The third kappa shape index (κ3) is 5.98. The van der Waals surface area contributed by atoms with Crippen LogP contribution in [0.2, 0.25) is 5.02 Å². The van der Waals surface area contributed by atoms with E-state index in [1.807, 2.05) is 13.8 Å². The van der Waals surface area contributed by atoms with Gasteiger partial charge in [-0.15, -0.1) is 0 Å². The Labute approximate surface area is 212 Å². The Morgan fingerprint density at radius 3 is 2.58 bits per heavy atom. The van der Waals surface area contributed by atoms with Gasteiger partial charge in [0.1, 0.15) is 12.1 Å². The van der Waals surface area contributed by atoms with Gasteiger partial charge in [0.05, 0.1) is 51.8 Å². The minimum Gasteiger partial charge on any atom is -0.459 e. The number of fused-ring (bicyclic) bond motifs is 1. The lowest BCUT2D eigenvalue weighted by Crippen LogP contribution is -2.26. The molecule has 4 aromatic heterocycles. The van der Waals surface area contributed by atoms with E-state index in [0.29, 0.717) is 38.9 Å². The summed E-state index contributed by atoms with van der Waals surface area (Å²) in [6.07, 6.45) is 9.38. The highest BCUT2D eigenvalue weighted by molar-refractivity contribution is 6.30. The molecule has 0 radical (unpaired) electrons. The third-order valence-corrected chi connectivity index (χ3v) is 4.99. The molecule has 12 heteroatoms. The van der Waals surface area contributed by atoms with Crippen LogP contribution in [0.4, 0.5) is 11.4 Å². The first kappa shape index (κ1) is 25.1. The lowest BCUT2D eigenvalue weighted by Gasteiger charge is -2.19. The summed E-state index contributed by atoms with van der Waals surface area (Å²) in [6, 6.07) is 1.85. The Hall–Kier alpha value is -3.99. The van der Waals surface area contributed by atoms with Crippen LogP contribution in [0.25, 0.3) is 16.9 Å². The normalized spacial score (nSPS) is 11.6. The van der Waals surface area contributed by atoms with Crippen LogP contribution in [-0.2, 0) is 16.1 Å². The molecule has 4 rings (SSSR count). The van der Waals surface area contributed by atoms with Gasteiger partial charge in [0.25, 0.3) is 5.91 Å². The number of hydrogen-bond acceptors (Lipinski definition) is 8. The molecule has 0 aliphatic rings. The van der Waals surface area contributed by atoms with E-state index in [4.69, 9.17) is 16.3 Å². The lowest BCUT2D eigenvalue weighted by molar-refractivity contribution is -0.155. The van der Waals surface area contributed by atoms with Crippen molar-refractivity contribution in [2.45, 2.75) is 52.8 Å². The number of nitrogens with one attached hydrogen (secondary N) is 2. The maximum atomic E-state index is 13.1. The summed E-state index contributed by atoms with van der Waals surface area (Å²) in [5.74, 6) is -0.796. The Morgan fingerprint density at radius 1 is 1.08 bits per heavy atom. The largest absolute Gasteiger partial charge is 0.459 e. The predicted octanol–water partition coefficient (Wildman–Crippen LogP) is 4.06. The number of carbonyl (C=O) groups is 2. The fourth-order valence-corrected chi connectivity index (χ4v) is 3.61. The quantitative estimate of drug-likeness (QED) is 0.356. The van der Waals surface area contributed by atoms with Crippen molar-refractivity contribution in [3.8, 4) is 11.3 Å². The van der Waals surface area contributed by atoms with E-state index >= 15 is 0 Å². The van der Waals surface area contributed by atoms with Gasteiger partial charge in [-0.25, -0.2) is 9.50 Å². The molecular formula is C24H27ClN8O3. The van der Waals surface area contributed by atoms with E-state index in [2.05, 4.69) is 30.8 Å². The van der Waals surface area contributed by atoms with E-state index in [9.17, 15) is 9.59 Å². The second-order valence-electron chi connectivity index (χ2n) is 9.48. The van der Waals surface area contributed by atoms with Crippen LogP contribution in [-0.4, -0.2) is 52.9 Å². The van der Waals surface area contributed by atoms with Crippen molar-refractivity contribution in [2.75, 3.05) is 10.6 Å². The predicted molar refractivity (Wildman–Crippen MR) is 136 cm³/mol. The molecule has 0 aliphatic carbocycles. The fraction of sp³-hybridized carbons (Fsp3) is 0.333. The average Bonchev–Trinajstić information content (AvgIpc) is 3.38. The zero-order valence-electron chi connectivity index (χ0n) is 20.6. The molecule has 0 bridgehead atoms. The number of hydrogen-bond donors (Lipinski definition) is 2. The fourth-order valence-electron chi connectivity index (χ4n) is 3.47. The number of carbonyl (C=O) groups excluding carboxylic acids is 2. The molecule has 4 aromatic rings. The van der Waals surface area contributed by atoms with Crippen molar-refractivity contribution >= 4 is 40.5 Å². The zero-order chi connectivity index (χ0) is 26.0. The molecule has 0 spiro atoms. The molecule has 188 valence electrons. The number of esters is 1. The maximum absolute atomic E-state index is 13.1. The van der Waals surface area contributed by atoms with E-state index in [1.54, 1.807) is 56.1 Å². The standard InChI is InChI=1S/C24H27ClN8O3/c1-14(2)30-20-6-19(17-10-29-33-11-15(25)7-27-22(17)33)26-9-18(20)23(35)31-16-8-28-32(12-16)13-21(34)36-24(3,4)5/h6-12,14H,13H2,1-5H3,(H,26,30)(H,31,35). The molecule has 0 unspecified atom stereocenters. The number of aromatic nitrogens is 6. The van der Waals surface area contributed by atoms with Gasteiger partial charge in [0, 0.05) is 24.6 Å². The topological polar surface area (TPSA) is 128 Å². The van der Waals surface area contributed by atoms with Crippen molar-refractivity contribution < 1.29 is 14.3 Å². The molecule has 0 saturated carbocycles. The van der Waals surface area contributed by atoms with Crippen molar-refractivity contribution in [1.29, 1.82) is 0 Å². The Morgan fingerprint density at radius 2 is 1.86 bits per heavy atom. The van der Waals surface area contributed by atoms with Gasteiger partial charge in [-0.2, -0.15) is 10.2 Å². The molecule has 2 N–H and O–H groups in total. The van der Waals surface area contributed by atoms with Gasteiger partial charge in [-0.1, -0.05) is 11.6 Å². The molecule has 0 aliphatic heterocycles. The first-order valence-electron chi connectivity index (χ1n) is 11.3. The summed E-state index contributed by atoms with van der Waals surface area (Å²) in [4.78, 5) is 34.0. The number of pyridine rings is 1. The van der Waals surface area contributed by atoms with E-state index in [-0.39, 0.29) is 18.5 Å². The highest BCUT2D eigenvalue weighted by Gasteiger charge is 2.19. The number of nitrogens with zero attached hydrogens (tertiary/aromatic N) is 6. The summed E-state index contributed by atoms with van der Waals surface area (Å²) < 4.78 is 8.29. The Kier molecular flexibility index (Phi) is 6.93. The average molecular weight is 511 g/mol. The molecule has 36 heavy (non-hydrogen) atoms. The molecule has 4 heterocycles. The SMILES string of the molecule is CC(C)Nc1cc(-c2cnn3cc(Cl)cnc23)ncc1C(=O)Nc1cnn(CC(=O)OC(C)(C)C)c1. The first-order chi connectivity index (χ1) is 17.0. The Balaban J connectivity index is 1.55. The van der Waals surface area contributed by atoms with Crippen molar-refractivity contribution in [3.05, 3.63) is 53.8 Å². The van der Waals surface area contributed by atoms with Gasteiger partial charge in [-0.3, -0.25) is 19.3 Å². The number of amides is 1. The summed E-state index contributed by atoms with van der Waals surface area (Å²) in [7, 11) is 0. The van der Waals surface area contributed by atoms with Gasteiger partial charge in [-0.05, 0) is 40.7 Å². The van der Waals surface area contributed by atoms with Crippen LogP contribution >= 0.6 is 11.6 Å². The first-order valence-corrected chi connectivity index (χ1v) is 11.7. The van der Waals surface area contributed by atoms with E-state index in [1.165, 1.54) is 17.1 Å². The smallest absolute Gasteiger partial charge is 0.328 e. The van der Waals surface area contributed by atoms with Gasteiger partial charge >= 0.3 is 5.97 Å². The number of rotatable bonds is 7. The van der Waals surface area contributed by atoms with Crippen LogP contribution in [0.15, 0.2) is 43.2 Å². The second-order valence-corrected chi connectivity index (χ2v) is 9.92. The number of halogens is 1. The molecular weight excluding hydrogens is 484 g/mol. The molecule has 11 nitrogen and oxygen atoms in total. The summed E-state index contributed by atoms with van der Waals surface area (Å²) in [5.41, 5.74) is 2.69. The second kappa shape index (κ2) is 9.94. The molecule has 0 aromatic carbocycles. The van der Waals surface area contributed by atoms with Crippen molar-refractivity contribution in [1.82, 2.24) is 29.4 Å². The van der Waals surface area contributed by atoms with Gasteiger partial charge < -0.3 is 15.4 Å². The van der Waals surface area contributed by atoms with Crippen LogP contribution in [0.3, 0.4) is 0 Å². The highest BCUT2D eigenvalue weighted by Crippen LogP contribution is 2.27. The molecule has 0 saturated heterocycles. The van der Waals surface area contributed by atoms with Crippen LogP contribution in [0.5, 0.6) is 0 Å². The van der Waals surface area contributed by atoms with Crippen LogP contribution in [0, 0.1) is 0 Å². The van der Waals surface area contributed by atoms with E-state index in [0.717, 1.165) is 0 Å². The van der Waals surface area contributed by atoms with Gasteiger partial charge in [0.2, 0.25) is 0 Å². The molecule has 0 fully saturated rings. The highest BCUT2D eigenvalue weighted by atomic mass is 35.5. The monoisotopic (exact) mass is 510 g/mol. The van der Waals surface area contributed by atoms with Crippen molar-refractivity contribution in [3.63, 3.8) is 0 Å². The zero-order valence-corrected chi connectivity index (χ0v) is 21.4. The minimum absolute atomic E-state index is 0.0595. The Bertz CT molecular complexity index is 1420. The summed E-state index contributed by atoms with van der Waals surface area (Å²) >= 11 is 6.01. The van der Waals surface area contributed by atoms with E-state index < -0.39 is 11.6 Å². The van der Waals surface area contributed by atoms with Crippen molar-refractivity contribution in [2.24, 2.45) is 0 Å². The molecule has 0 atom stereocenters. The maximum Gasteiger partial charge on any atom is 0.328 e. The minimum atomic E-state index is -0.591. The summed E-state index contributed by atoms with van der Waals surface area (Å²) in [5, 5.41) is 15.0. The van der Waals surface area contributed by atoms with Crippen LogP contribution < -0.4 is 10.6 Å². The molecule has 1 amide bonds. The van der Waals surface area contributed by atoms with Crippen LogP contribution in [0.1, 0.15) is 45.0 Å². The number of ether oxygens (including phenoxy) is 1. The lowest BCUT2D eigenvalue weighted by atomic mass is 10.1. The summed E-state index contributed by atoms with van der Waals surface area (Å²) in [6.45, 7) is 9.27. The number of anilines is 2. The van der Waals surface area contributed by atoms with Gasteiger partial charge in [0.15, 0.2) is 5.65 Å².